The Bertz CT molecular complexity index is 833. The number of amides is 1. The number of hydrogen-bond acceptors (Lipinski definition) is 5. The second-order valence-electron chi connectivity index (χ2n) is 6.79. The number of hydrogen-bond donors (Lipinski definition) is 0. The Labute approximate surface area is 148 Å². The first kappa shape index (κ1) is 16.7. The third-order valence-corrected chi connectivity index (χ3v) is 4.43. The minimum absolute atomic E-state index is 0.126. The highest BCUT2D eigenvalue weighted by atomic mass is 79.9. The van der Waals surface area contributed by atoms with E-state index in [2.05, 4.69) is 32.1 Å². The van der Waals surface area contributed by atoms with Gasteiger partial charge in [-0.15, -0.1) is 0 Å². The molecule has 0 radical (unpaired) electrons. The van der Waals surface area contributed by atoms with E-state index < -0.39 is 5.60 Å². The van der Waals surface area contributed by atoms with Gasteiger partial charge in [-0.2, -0.15) is 10.4 Å². The molecule has 0 bridgehead atoms. The van der Waals surface area contributed by atoms with Gasteiger partial charge in [0.25, 0.3) is 0 Å². The van der Waals surface area contributed by atoms with E-state index in [1.54, 1.807) is 15.6 Å². The summed E-state index contributed by atoms with van der Waals surface area (Å²) >= 11 is 3.30. The van der Waals surface area contributed by atoms with E-state index >= 15 is 0 Å². The number of carbonyl (C=O) groups is 1. The first-order valence-corrected chi connectivity index (χ1v) is 8.50. The lowest BCUT2D eigenvalue weighted by molar-refractivity contribution is 0.0292. The molecule has 8 heteroatoms. The Morgan fingerprint density at radius 1 is 1.50 bits per heavy atom. The molecule has 0 aromatic carbocycles. The van der Waals surface area contributed by atoms with Crippen LogP contribution in [-0.4, -0.2) is 44.3 Å². The largest absolute Gasteiger partial charge is 0.444 e. The first-order valence-electron chi connectivity index (χ1n) is 7.71. The number of likely N-dealkylation sites (tertiary alicyclic amines) is 1. The number of nitriles is 1. The molecule has 24 heavy (non-hydrogen) atoms. The maximum atomic E-state index is 12.2. The molecule has 7 nitrogen and oxygen atoms in total. The summed E-state index contributed by atoms with van der Waals surface area (Å²) in [7, 11) is 0. The second kappa shape index (κ2) is 6.06. The summed E-state index contributed by atoms with van der Waals surface area (Å²) in [6.07, 6.45) is 2.20. The predicted molar refractivity (Wildman–Crippen MR) is 90.6 cm³/mol. The fourth-order valence-electron chi connectivity index (χ4n) is 2.84. The highest BCUT2D eigenvalue weighted by Gasteiger charge is 2.32. The van der Waals surface area contributed by atoms with Gasteiger partial charge in [0.05, 0.1) is 5.69 Å². The lowest BCUT2D eigenvalue weighted by atomic mass is 10.0. The highest BCUT2D eigenvalue weighted by Crippen LogP contribution is 2.30. The summed E-state index contributed by atoms with van der Waals surface area (Å²) in [5.41, 5.74) is 1.37. The standard InChI is InChI=1S/C16H18BrN5O2/c1-16(2,3)24-15(23)21-7-5-10(9-21)12-4-6-19-14-11(8-18)13(17)20-22(12)14/h4,6,10H,5,7,9H2,1-3H3. The van der Waals surface area contributed by atoms with Crippen LogP contribution in [-0.2, 0) is 4.74 Å². The van der Waals surface area contributed by atoms with Gasteiger partial charge < -0.3 is 9.64 Å². The molecule has 126 valence electrons. The van der Waals surface area contributed by atoms with Crippen LogP contribution >= 0.6 is 15.9 Å². The molecule has 1 fully saturated rings. The average Bonchev–Trinajstić information content (AvgIpc) is 3.08. The molecule has 0 saturated carbocycles. The van der Waals surface area contributed by atoms with Gasteiger partial charge in [0.2, 0.25) is 0 Å². The van der Waals surface area contributed by atoms with E-state index in [1.165, 1.54) is 0 Å². The molecule has 3 heterocycles. The third-order valence-electron chi connectivity index (χ3n) is 3.88. The van der Waals surface area contributed by atoms with E-state index in [0.29, 0.717) is 28.9 Å². The lowest BCUT2D eigenvalue weighted by Crippen LogP contribution is -2.35. The fourth-order valence-corrected chi connectivity index (χ4v) is 3.26. The number of nitrogens with zero attached hydrogens (tertiary/aromatic N) is 5. The smallest absolute Gasteiger partial charge is 0.410 e. The van der Waals surface area contributed by atoms with Crippen LogP contribution in [0.5, 0.6) is 0 Å². The van der Waals surface area contributed by atoms with Crippen molar-refractivity contribution < 1.29 is 9.53 Å². The van der Waals surface area contributed by atoms with E-state index in [0.717, 1.165) is 12.1 Å². The minimum Gasteiger partial charge on any atom is -0.444 e. The van der Waals surface area contributed by atoms with Gasteiger partial charge in [-0.3, -0.25) is 0 Å². The maximum Gasteiger partial charge on any atom is 0.410 e. The van der Waals surface area contributed by atoms with E-state index in [9.17, 15) is 10.1 Å². The molecule has 1 aliphatic rings. The Hall–Kier alpha value is -2.14. The van der Waals surface area contributed by atoms with Crippen LogP contribution in [0.3, 0.4) is 0 Å². The second-order valence-corrected chi connectivity index (χ2v) is 7.55. The predicted octanol–water partition coefficient (Wildman–Crippen LogP) is 3.09. The van der Waals surface area contributed by atoms with Crippen molar-refractivity contribution in [2.24, 2.45) is 0 Å². The Morgan fingerprint density at radius 2 is 2.25 bits per heavy atom. The molecule has 3 rings (SSSR count). The Balaban J connectivity index is 1.86. The molecule has 0 N–H and O–H groups in total. The number of halogens is 1. The molecular weight excluding hydrogens is 374 g/mol. The van der Waals surface area contributed by atoms with Crippen molar-refractivity contribution >= 4 is 27.7 Å². The van der Waals surface area contributed by atoms with Gasteiger partial charge in [0.15, 0.2) is 5.65 Å². The zero-order valence-corrected chi connectivity index (χ0v) is 15.4. The highest BCUT2D eigenvalue weighted by molar-refractivity contribution is 9.10. The topological polar surface area (TPSA) is 83.5 Å². The quantitative estimate of drug-likeness (QED) is 0.745. The molecule has 1 atom stereocenters. The molecule has 0 spiro atoms. The van der Waals surface area contributed by atoms with Crippen molar-refractivity contribution in [1.82, 2.24) is 19.5 Å². The minimum atomic E-state index is -0.506. The van der Waals surface area contributed by atoms with Crippen molar-refractivity contribution in [3.63, 3.8) is 0 Å². The average molecular weight is 392 g/mol. The lowest BCUT2D eigenvalue weighted by Gasteiger charge is -2.24. The third kappa shape index (κ3) is 3.08. The van der Waals surface area contributed by atoms with Crippen LogP contribution in [0.4, 0.5) is 4.79 Å². The maximum absolute atomic E-state index is 12.2. The molecule has 1 unspecified atom stereocenters. The SMILES string of the molecule is CC(C)(C)OC(=O)N1CCC(c2ccnc3c(C#N)c(Br)nn23)C1. The molecule has 1 amide bonds. The normalized spacial score (nSPS) is 18.0. The van der Waals surface area contributed by atoms with Gasteiger partial charge in [0, 0.05) is 25.2 Å². The van der Waals surface area contributed by atoms with Crippen molar-refractivity contribution in [3.05, 3.63) is 28.1 Å². The van der Waals surface area contributed by atoms with E-state index in [1.807, 2.05) is 26.8 Å². The van der Waals surface area contributed by atoms with Crippen LogP contribution < -0.4 is 0 Å². The van der Waals surface area contributed by atoms with Gasteiger partial charge >= 0.3 is 6.09 Å². The fraction of sp³-hybridized carbons (Fsp3) is 0.500. The Morgan fingerprint density at radius 3 is 2.92 bits per heavy atom. The monoisotopic (exact) mass is 391 g/mol. The number of carbonyl (C=O) groups excluding carboxylic acids is 1. The zero-order chi connectivity index (χ0) is 17.5. The van der Waals surface area contributed by atoms with E-state index in [-0.39, 0.29) is 12.0 Å². The molecule has 0 aliphatic carbocycles. The molecule has 2 aromatic rings. The van der Waals surface area contributed by atoms with Crippen LogP contribution in [0.25, 0.3) is 5.65 Å². The molecule has 2 aromatic heterocycles. The number of aromatic nitrogens is 3. The van der Waals surface area contributed by atoms with Crippen molar-refractivity contribution in [2.45, 2.75) is 38.7 Å². The summed E-state index contributed by atoms with van der Waals surface area (Å²) in [6.45, 7) is 6.77. The Kier molecular flexibility index (Phi) is 4.22. The van der Waals surface area contributed by atoms with Crippen LogP contribution in [0.1, 0.15) is 44.4 Å². The summed E-state index contributed by atoms with van der Waals surface area (Å²) in [5, 5.41) is 13.6. The van der Waals surface area contributed by atoms with Crippen LogP contribution in [0.15, 0.2) is 16.9 Å². The van der Waals surface area contributed by atoms with Crippen LogP contribution in [0, 0.1) is 11.3 Å². The number of fused-ring (bicyclic) bond motifs is 1. The zero-order valence-electron chi connectivity index (χ0n) is 13.8. The van der Waals surface area contributed by atoms with Gasteiger partial charge in [-0.1, -0.05) is 0 Å². The molecular formula is C16H18BrN5O2. The van der Waals surface area contributed by atoms with Crippen LogP contribution in [0.2, 0.25) is 0 Å². The molecule has 1 saturated heterocycles. The summed E-state index contributed by atoms with van der Waals surface area (Å²) in [4.78, 5) is 18.2. The number of ether oxygens (including phenoxy) is 1. The molecule has 1 aliphatic heterocycles. The van der Waals surface area contributed by atoms with Crippen molar-refractivity contribution in [3.8, 4) is 6.07 Å². The van der Waals surface area contributed by atoms with Gasteiger partial charge in [-0.25, -0.2) is 14.3 Å². The van der Waals surface area contributed by atoms with Crippen molar-refractivity contribution in [2.75, 3.05) is 13.1 Å². The van der Waals surface area contributed by atoms with Gasteiger partial charge in [0.1, 0.15) is 21.8 Å². The summed E-state index contributed by atoms with van der Waals surface area (Å²) < 4.78 is 7.60. The van der Waals surface area contributed by atoms with Gasteiger partial charge in [-0.05, 0) is 49.2 Å². The first-order chi connectivity index (χ1) is 11.3. The summed E-state index contributed by atoms with van der Waals surface area (Å²) in [6, 6.07) is 4.00. The summed E-state index contributed by atoms with van der Waals surface area (Å²) in [5.74, 6) is 0.126. The van der Waals surface area contributed by atoms with Crippen molar-refractivity contribution in [1.29, 1.82) is 5.26 Å². The number of rotatable bonds is 1. The van der Waals surface area contributed by atoms with E-state index in [4.69, 9.17) is 4.74 Å².